The SMILES string of the molecule is CC[C@H](C(=O)N(C)C)N1C(=O)[C@@H]2[C@@H](C1=O)[C@H]1C=C[C@H]2CC1. The molecule has 21 heavy (non-hydrogen) atoms. The Bertz CT molecular complexity index is 494. The van der Waals surface area contributed by atoms with Gasteiger partial charge >= 0.3 is 0 Å². The molecule has 1 aliphatic heterocycles. The summed E-state index contributed by atoms with van der Waals surface area (Å²) in [6, 6.07) is -0.648. The molecule has 2 bridgehead atoms. The van der Waals surface area contributed by atoms with E-state index in [0.717, 1.165) is 12.8 Å². The number of hydrogen-bond acceptors (Lipinski definition) is 3. The van der Waals surface area contributed by atoms with Gasteiger partial charge in [-0.25, -0.2) is 0 Å². The molecular formula is C16H22N2O3. The summed E-state index contributed by atoms with van der Waals surface area (Å²) in [6.07, 6.45) is 6.62. The topological polar surface area (TPSA) is 57.7 Å². The minimum absolute atomic E-state index is 0.133. The molecule has 4 aliphatic rings. The van der Waals surface area contributed by atoms with Crippen molar-refractivity contribution in [3.05, 3.63) is 12.2 Å². The van der Waals surface area contributed by atoms with Crippen molar-refractivity contribution in [3.63, 3.8) is 0 Å². The highest BCUT2D eigenvalue weighted by atomic mass is 16.2. The Morgan fingerprint density at radius 2 is 1.67 bits per heavy atom. The Morgan fingerprint density at radius 1 is 1.19 bits per heavy atom. The molecule has 0 aromatic carbocycles. The molecule has 0 aromatic heterocycles. The average Bonchev–Trinajstić information content (AvgIpc) is 2.76. The van der Waals surface area contributed by atoms with Crippen molar-refractivity contribution in [3.8, 4) is 0 Å². The third-order valence-corrected chi connectivity index (χ3v) is 5.22. The molecule has 3 aliphatic carbocycles. The molecule has 5 nitrogen and oxygen atoms in total. The van der Waals surface area contributed by atoms with Crippen LogP contribution in [0.2, 0.25) is 0 Å². The highest BCUT2D eigenvalue weighted by Crippen LogP contribution is 2.50. The number of likely N-dealkylation sites (tertiary alicyclic amines) is 1. The number of likely N-dealkylation sites (N-methyl/N-ethyl adjacent to an activating group) is 1. The van der Waals surface area contributed by atoms with E-state index >= 15 is 0 Å². The maximum atomic E-state index is 12.8. The molecule has 3 amide bonds. The summed E-state index contributed by atoms with van der Waals surface area (Å²) in [5, 5.41) is 0. The number of carbonyl (C=O) groups excluding carboxylic acids is 3. The monoisotopic (exact) mass is 290 g/mol. The molecular weight excluding hydrogens is 268 g/mol. The van der Waals surface area contributed by atoms with Gasteiger partial charge in [-0.2, -0.15) is 0 Å². The molecule has 0 aromatic rings. The summed E-state index contributed by atoms with van der Waals surface area (Å²) in [5.41, 5.74) is 0. The summed E-state index contributed by atoms with van der Waals surface area (Å²) < 4.78 is 0. The average molecular weight is 290 g/mol. The van der Waals surface area contributed by atoms with Gasteiger partial charge in [-0.1, -0.05) is 19.1 Å². The van der Waals surface area contributed by atoms with E-state index < -0.39 is 6.04 Å². The van der Waals surface area contributed by atoms with Crippen LogP contribution < -0.4 is 0 Å². The second kappa shape index (κ2) is 4.97. The molecule has 1 saturated carbocycles. The van der Waals surface area contributed by atoms with Crippen LogP contribution >= 0.6 is 0 Å². The van der Waals surface area contributed by atoms with Gasteiger partial charge in [-0.15, -0.1) is 0 Å². The molecule has 0 radical (unpaired) electrons. The second-order valence-corrected chi connectivity index (χ2v) is 6.54. The Kier molecular flexibility index (Phi) is 3.38. The molecule has 0 N–H and O–H groups in total. The fraction of sp³-hybridized carbons (Fsp3) is 0.688. The van der Waals surface area contributed by atoms with Gasteiger partial charge in [0.15, 0.2) is 0 Å². The van der Waals surface area contributed by atoms with Crippen LogP contribution in [0.4, 0.5) is 0 Å². The first-order valence-electron chi connectivity index (χ1n) is 7.73. The first-order valence-corrected chi connectivity index (χ1v) is 7.73. The molecule has 2 fully saturated rings. The van der Waals surface area contributed by atoms with Crippen LogP contribution in [0.1, 0.15) is 26.2 Å². The quantitative estimate of drug-likeness (QED) is 0.576. The number of carbonyl (C=O) groups is 3. The molecule has 114 valence electrons. The Hall–Kier alpha value is -1.65. The highest BCUT2D eigenvalue weighted by molar-refractivity contribution is 6.09. The summed E-state index contributed by atoms with van der Waals surface area (Å²) in [6.45, 7) is 1.85. The van der Waals surface area contributed by atoms with Crippen LogP contribution in [0.3, 0.4) is 0 Å². The van der Waals surface area contributed by atoms with E-state index in [0.29, 0.717) is 6.42 Å². The van der Waals surface area contributed by atoms with E-state index in [1.165, 1.54) is 9.80 Å². The van der Waals surface area contributed by atoms with Crippen molar-refractivity contribution >= 4 is 17.7 Å². The molecule has 0 unspecified atom stereocenters. The number of rotatable bonds is 3. The van der Waals surface area contributed by atoms with Crippen LogP contribution in [0.15, 0.2) is 12.2 Å². The number of fused-ring (bicyclic) bond motifs is 1. The van der Waals surface area contributed by atoms with Gasteiger partial charge in [0.2, 0.25) is 17.7 Å². The number of imide groups is 1. The first kappa shape index (κ1) is 14.3. The zero-order chi connectivity index (χ0) is 15.3. The number of hydrogen-bond donors (Lipinski definition) is 0. The summed E-state index contributed by atoms with van der Waals surface area (Å²) in [5.74, 6) is -0.548. The molecule has 1 heterocycles. The van der Waals surface area contributed by atoms with E-state index in [1.807, 2.05) is 6.92 Å². The van der Waals surface area contributed by atoms with Crippen molar-refractivity contribution in [2.75, 3.05) is 14.1 Å². The minimum atomic E-state index is -0.648. The highest BCUT2D eigenvalue weighted by Gasteiger charge is 2.58. The largest absolute Gasteiger partial charge is 0.347 e. The smallest absolute Gasteiger partial charge is 0.245 e. The fourth-order valence-electron chi connectivity index (χ4n) is 4.17. The minimum Gasteiger partial charge on any atom is -0.347 e. The van der Waals surface area contributed by atoms with Crippen LogP contribution in [0.25, 0.3) is 0 Å². The lowest BCUT2D eigenvalue weighted by Crippen LogP contribution is -2.49. The van der Waals surface area contributed by atoms with Gasteiger partial charge in [0.05, 0.1) is 11.8 Å². The summed E-state index contributed by atoms with van der Waals surface area (Å²) >= 11 is 0. The standard InChI is InChI=1S/C16H22N2O3/c1-4-11(14(19)17(2)3)18-15(20)12-9-5-6-10(8-7-9)13(12)16(18)21/h5-6,9-13H,4,7-8H2,1-3H3/t9-,10-,11+,12-,13-/m0/s1. The number of allylic oxidation sites excluding steroid dienone is 2. The molecule has 5 heteroatoms. The maximum absolute atomic E-state index is 12.8. The van der Waals surface area contributed by atoms with Crippen molar-refractivity contribution in [1.29, 1.82) is 0 Å². The van der Waals surface area contributed by atoms with E-state index in [4.69, 9.17) is 0 Å². The summed E-state index contributed by atoms with van der Waals surface area (Å²) in [4.78, 5) is 40.6. The normalized spacial score (nSPS) is 35.1. The lowest BCUT2D eigenvalue weighted by molar-refractivity contribution is -0.150. The lowest BCUT2D eigenvalue weighted by Gasteiger charge is -2.38. The second-order valence-electron chi connectivity index (χ2n) is 6.54. The Balaban J connectivity index is 1.93. The van der Waals surface area contributed by atoms with Crippen LogP contribution in [-0.4, -0.2) is 47.7 Å². The predicted molar refractivity (Wildman–Crippen MR) is 77.0 cm³/mol. The van der Waals surface area contributed by atoms with Crippen molar-refractivity contribution in [1.82, 2.24) is 9.80 Å². The third-order valence-electron chi connectivity index (χ3n) is 5.22. The first-order chi connectivity index (χ1) is 9.97. The Morgan fingerprint density at radius 3 is 2.00 bits per heavy atom. The fourth-order valence-corrected chi connectivity index (χ4v) is 4.17. The summed E-state index contributed by atoms with van der Waals surface area (Å²) in [7, 11) is 3.32. The molecule has 5 atom stereocenters. The van der Waals surface area contributed by atoms with Crippen molar-refractivity contribution in [2.45, 2.75) is 32.2 Å². The van der Waals surface area contributed by atoms with Gasteiger partial charge in [-0.05, 0) is 31.1 Å². The predicted octanol–water partition coefficient (Wildman–Crippen LogP) is 1.05. The maximum Gasteiger partial charge on any atom is 0.245 e. The van der Waals surface area contributed by atoms with E-state index in [-0.39, 0.29) is 41.4 Å². The number of nitrogens with zero attached hydrogens (tertiary/aromatic N) is 2. The van der Waals surface area contributed by atoms with Crippen molar-refractivity contribution in [2.24, 2.45) is 23.7 Å². The third kappa shape index (κ3) is 1.93. The molecule has 0 spiro atoms. The zero-order valence-electron chi connectivity index (χ0n) is 12.8. The lowest BCUT2D eigenvalue weighted by atomic mass is 9.63. The van der Waals surface area contributed by atoms with Gasteiger partial charge in [0, 0.05) is 14.1 Å². The van der Waals surface area contributed by atoms with Crippen LogP contribution in [0.5, 0.6) is 0 Å². The zero-order valence-corrected chi connectivity index (χ0v) is 12.8. The van der Waals surface area contributed by atoms with Gasteiger partial charge in [-0.3, -0.25) is 19.3 Å². The molecule has 1 saturated heterocycles. The van der Waals surface area contributed by atoms with E-state index in [2.05, 4.69) is 12.2 Å². The molecule has 4 rings (SSSR count). The number of amides is 3. The van der Waals surface area contributed by atoms with Gasteiger partial charge in [0.25, 0.3) is 0 Å². The van der Waals surface area contributed by atoms with E-state index in [9.17, 15) is 14.4 Å². The van der Waals surface area contributed by atoms with Crippen molar-refractivity contribution < 1.29 is 14.4 Å². The van der Waals surface area contributed by atoms with E-state index in [1.54, 1.807) is 14.1 Å². The van der Waals surface area contributed by atoms with Crippen LogP contribution in [-0.2, 0) is 14.4 Å². The van der Waals surface area contributed by atoms with Gasteiger partial charge < -0.3 is 4.90 Å². The van der Waals surface area contributed by atoms with Gasteiger partial charge in [0.1, 0.15) is 6.04 Å². The van der Waals surface area contributed by atoms with Crippen LogP contribution in [0, 0.1) is 23.7 Å². The Labute approximate surface area is 125 Å².